The average molecular weight is 482 g/mol. The highest BCUT2D eigenvalue weighted by molar-refractivity contribution is 7.07. The molecule has 0 aliphatic carbocycles. The minimum atomic E-state index is -0.626. The Balaban J connectivity index is 1.67. The topological polar surface area (TPSA) is 72.7 Å². The number of ether oxygens (including phenoxy) is 1. The molecule has 1 atom stereocenters. The fraction of sp³-hybridized carbons (Fsp3) is 0.107. The van der Waals surface area contributed by atoms with Crippen LogP contribution in [0.25, 0.3) is 6.08 Å². The van der Waals surface area contributed by atoms with Crippen LogP contribution in [-0.4, -0.2) is 17.6 Å². The number of allylic oxidation sites excluding steroid dienone is 1. The standard InChI is InChI=1S/C28H23N3O3S/c1-18-24(26(32)30-21-11-7-4-8-12-21)25(20-13-15-22(34-2)16-14-20)31-27(33)23(35-28(31)29-18)17-19-9-5-3-6-10-19/h3-17,25H,1-2H3,(H,30,32)/b23-17+/t25-/m1/s1. The van der Waals surface area contributed by atoms with Gasteiger partial charge in [0.15, 0.2) is 4.80 Å². The van der Waals surface area contributed by atoms with Gasteiger partial charge in [-0.3, -0.25) is 14.2 Å². The molecule has 0 unspecified atom stereocenters. The van der Waals surface area contributed by atoms with Gasteiger partial charge in [-0.05, 0) is 48.4 Å². The molecule has 1 aliphatic heterocycles. The predicted octanol–water partition coefficient (Wildman–Crippen LogP) is 3.88. The van der Waals surface area contributed by atoms with Crippen molar-refractivity contribution in [2.24, 2.45) is 4.99 Å². The number of carbonyl (C=O) groups is 1. The first-order valence-corrected chi connectivity index (χ1v) is 11.9. The van der Waals surface area contributed by atoms with Crippen LogP contribution in [0.15, 0.2) is 106 Å². The van der Waals surface area contributed by atoms with E-state index in [1.54, 1.807) is 11.7 Å². The normalized spacial score (nSPS) is 15.4. The zero-order valence-electron chi connectivity index (χ0n) is 19.3. The van der Waals surface area contributed by atoms with Crippen LogP contribution in [0, 0.1) is 0 Å². The van der Waals surface area contributed by atoms with E-state index in [0.717, 1.165) is 11.1 Å². The third-order valence-electron chi connectivity index (χ3n) is 5.83. The highest BCUT2D eigenvalue weighted by Crippen LogP contribution is 2.31. The number of amides is 1. The molecule has 0 saturated heterocycles. The third-order valence-corrected chi connectivity index (χ3v) is 6.81. The molecule has 174 valence electrons. The van der Waals surface area contributed by atoms with Gasteiger partial charge in [-0.2, -0.15) is 0 Å². The molecule has 4 aromatic rings. The summed E-state index contributed by atoms with van der Waals surface area (Å²) < 4.78 is 7.49. The van der Waals surface area contributed by atoms with Crippen molar-refractivity contribution >= 4 is 29.0 Å². The molecular formula is C28H23N3O3S. The van der Waals surface area contributed by atoms with Gasteiger partial charge in [0.05, 0.1) is 29.0 Å². The van der Waals surface area contributed by atoms with Gasteiger partial charge in [0.1, 0.15) is 5.75 Å². The number of fused-ring (bicyclic) bond motifs is 1. The van der Waals surface area contributed by atoms with E-state index in [1.807, 2.05) is 97.9 Å². The SMILES string of the molecule is COc1ccc([C@@H]2C(C(=O)Nc3ccccc3)=C(C)N=c3s/c(=C/c4ccccc4)c(=O)n32)cc1. The zero-order chi connectivity index (χ0) is 24.4. The maximum absolute atomic E-state index is 13.7. The Hall–Kier alpha value is -4.23. The van der Waals surface area contributed by atoms with Crippen molar-refractivity contribution in [2.45, 2.75) is 13.0 Å². The number of aromatic nitrogens is 1. The zero-order valence-corrected chi connectivity index (χ0v) is 20.1. The maximum atomic E-state index is 13.7. The lowest BCUT2D eigenvalue weighted by Gasteiger charge is -2.25. The summed E-state index contributed by atoms with van der Waals surface area (Å²) >= 11 is 1.32. The number of hydrogen-bond acceptors (Lipinski definition) is 5. The highest BCUT2D eigenvalue weighted by Gasteiger charge is 2.32. The van der Waals surface area contributed by atoms with Crippen LogP contribution in [0.2, 0.25) is 0 Å². The highest BCUT2D eigenvalue weighted by atomic mass is 32.1. The second-order valence-corrected chi connectivity index (χ2v) is 9.09. The van der Waals surface area contributed by atoms with Crippen molar-refractivity contribution < 1.29 is 9.53 Å². The summed E-state index contributed by atoms with van der Waals surface area (Å²) in [6.07, 6.45) is 1.86. The van der Waals surface area contributed by atoms with Gasteiger partial charge < -0.3 is 10.1 Å². The molecule has 0 radical (unpaired) electrons. The number of carbonyl (C=O) groups excluding carboxylic acids is 1. The fourth-order valence-electron chi connectivity index (χ4n) is 4.13. The molecule has 1 amide bonds. The van der Waals surface area contributed by atoms with Crippen molar-refractivity contribution in [3.05, 3.63) is 127 Å². The molecule has 0 spiro atoms. The van der Waals surface area contributed by atoms with E-state index >= 15 is 0 Å². The lowest BCUT2D eigenvalue weighted by Crippen LogP contribution is -2.40. The van der Waals surface area contributed by atoms with Gasteiger partial charge in [-0.25, -0.2) is 4.99 Å². The van der Waals surface area contributed by atoms with E-state index in [9.17, 15) is 9.59 Å². The molecule has 2 heterocycles. The first kappa shape index (κ1) is 22.6. The molecule has 7 heteroatoms. The van der Waals surface area contributed by atoms with Gasteiger partial charge >= 0.3 is 0 Å². The Morgan fingerprint density at radius 1 is 1.00 bits per heavy atom. The minimum absolute atomic E-state index is 0.184. The summed E-state index contributed by atoms with van der Waals surface area (Å²) in [6, 6.07) is 25.7. The number of benzene rings is 3. The van der Waals surface area contributed by atoms with Gasteiger partial charge in [-0.1, -0.05) is 72.0 Å². The number of methoxy groups -OCH3 is 1. The van der Waals surface area contributed by atoms with Crippen molar-refractivity contribution in [3.8, 4) is 5.75 Å². The Morgan fingerprint density at radius 2 is 1.66 bits per heavy atom. The van der Waals surface area contributed by atoms with Crippen molar-refractivity contribution in [3.63, 3.8) is 0 Å². The molecule has 1 aromatic heterocycles. The van der Waals surface area contributed by atoms with E-state index in [-0.39, 0.29) is 11.5 Å². The molecule has 3 aromatic carbocycles. The number of thiazole rings is 1. The Labute approximate surface area is 206 Å². The first-order chi connectivity index (χ1) is 17.0. The summed E-state index contributed by atoms with van der Waals surface area (Å²) in [5.41, 5.74) is 3.22. The molecule has 6 nitrogen and oxygen atoms in total. The number of nitrogens with zero attached hydrogens (tertiary/aromatic N) is 2. The van der Waals surface area contributed by atoms with Gasteiger partial charge in [0, 0.05) is 5.69 Å². The van der Waals surface area contributed by atoms with E-state index in [4.69, 9.17) is 4.74 Å². The molecule has 1 aliphatic rings. The molecule has 35 heavy (non-hydrogen) atoms. The quantitative estimate of drug-likeness (QED) is 0.470. The lowest BCUT2D eigenvalue weighted by molar-refractivity contribution is -0.113. The van der Waals surface area contributed by atoms with Crippen molar-refractivity contribution in [2.75, 3.05) is 12.4 Å². The van der Waals surface area contributed by atoms with Gasteiger partial charge in [0.2, 0.25) is 0 Å². The van der Waals surface area contributed by atoms with Crippen molar-refractivity contribution in [1.29, 1.82) is 0 Å². The smallest absolute Gasteiger partial charge is 0.271 e. The average Bonchev–Trinajstić information content (AvgIpc) is 3.18. The van der Waals surface area contributed by atoms with Crippen LogP contribution in [0.4, 0.5) is 5.69 Å². The number of hydrogen-bond donors (Lipinski definition) is 1. The van der Waals surface area contributed by atoms with E-state index in [2.05, 4.69) is 10.3 Å². The second-order valence-electron chi connectivity index (χ2n) is 8.09. The van der Waals surface area contributed by atoms with Gasteiger partial charge in [-0.15, -0.1) is 0 Å². The van der Waals surface area contributed by atoms with E-state index < -0.39 is 6.04 Å². The monoisotopic (exact) mass is 481 g/mol. The molecule has 5 rings (SSSR count). The first-order valence-electron chi connectivity index (χ1n) is 11.1. The Kier molecular flexibility index (Phi) is 6.16. The van der Waals surface area contributed by atoms with Crippen LogP contribution >= 0.6 is 11.3 Å². The maximum Gasteiger partial charge on any atom is 0.271 e. The number of anilines is 1. The lowest BCUT2D eigenvalue weighted by atomic mass is 9.95. The molecule has 0 saturated carbocycles. The number of nitrogens with one attached hydrogen (secondary N) is 1. The summed E-state index contributed by atoms with van der Waals surface area (Å²) in [4.78, 5) is 32.4. The molecular weight excluding hydrogens is 458 g/mol. The van der Waals surface area contributed by atoms with Crippen LogP contribution < -0.4 is 24.9 Å². The van der Waals surface area contributed by atoms with Gasteiger partial charge in [0.25, 0.3) is 11.5 Å². The third kappa shape index (κ3) is 4.46. The molecule has 0 fully saturated rings. The second kappa shape index (κ2) is 9.56. The summed E-state index contributed by atoms with van der Waals surface area (Å²) in [6.45, 7) is 1.81. The molecule has 1 N–H and O–H groups in total. The van der Waals surface area contributed by atoms with Crippen LogP contribution in [0.5, 0.6) is 5.75 Å². The number of para-hydroxylation sites is 1. The Morgan fingerprint density at radius 3 is 2.31 bits per heavy atom. The number of rotatable bonds is 5. The van der Waals surface area contributed by atoms with Crippen LogP contribution in [0.1, 0.15) is 24.1 Å². The molecule has 0 bridgehead atoms. The van der Waals surface area contributed by atoms with Crippen molar-refractivity contribution in [1.82, 2.24) is 4.57 Å². The van der Waals surface area contributed by atoms with Crippen LogP contribution in [-0.2, 0) is 4.79 Å². The van der Waals surface area contributed by atoms with E-state index in [1.165, 1.54) is 11.3 Å². The largest absolute Gasteiger partial charge is 0.497 e. The predicted molar refractivity (Wildman–Crippen MR) is 138 cm³/mol. The summed E-state index contributed by atoms with van der Waals surface area (Å²) in [7, 11) is 1.60. The summed E-state index contributed by atoms with van der Waals surface area (Å²) in [5, 5.41) is 2.96. The summed E-state index contributed by atoms with van der Waals surface area (Å²) in [5.74, 6) is 0.400. The fourth-order valence-corrected chi connectivity index (χ4v) is 5.18. The Bertz CT molecular complexity index is 1590. The van der Waals surface area contributed by atoms with Crippen LogP contribution in [0.3, 0.4) is 0 Å². The minimum Gasteiger partial charge on any atom is -0.497 e. The van der Waals surface area contributed by atoms with E-state index in [0.29, 0.717) is 32.0 Å².